The molecular weight excluding hydrogens is 324 g/mol. The van der Waals surface area contributed by atoms with Gasteiger partial charge in [0, 0.05) is 36.1 Å². The zero-order valence-electron chi connectivity index (χ0n) is 13.4. The first-order valence-corrected chi connectivity index (χ1v) is 7.81. The Morgan fingerprint density at radius 1 is 1.17 bits per heavy atom. The number of aromatic amines is 1. The molecule has 1 heterocycles. The molecule has 122 valence electrons. The molecule has 0 radical (unpaired) electrons. The Bertz CT molecular complexity index is 873. The van der Waals surface area contributed by atoms with Crippen LogP contribution in [0.25, 0.3) is 11.3 Å². The lowest BCUT2D eigenvalue weighted by Crippen LogP contribution is -2.13. The minimum atomic E-state index is -0.241. The molecule has 0 saturated carbocycles. The summed E-state index contributed by atoms with van der Waals surface area (Å²) < 4.78 is 0. The molecule has 0 aliphatic rings. The molecule has 0 aliphatic carbocycles. The van der Waals surface area contributed by atoms with Crippen molar-refractivity contribution < 1.29 is 4.79 Å². The Balaban J connectivity index is 1.89. The Kier molecular flexibility index (Phi) is 4.53. The number of anilines is 2. The maximum atomic E-state index is 12.6. The third kappa shape index (κ3) is 3.26. The largest absolute Gasteiger partial charge is 0.378 e. The summed E-state index contributed by atoms with van der Waals surface area (Å²) in [5, 5.41) is 10.3. The van der Waals surface area contributed by atoms with E-state index in [1.54, 1.807) is 6.07 Å². The van der Waals surface area contributed by atoms with Crippen molar-refractivity contribution in [2.24, 2.45) is 0 Å². The summed E-state index contributed by atoms with van der Waals surface area (Å²) in [5.41, 5.74) is 3.51. The van der Waals surface area contributed by atoms with Gasteiger partial charge in [0.25, 0.3) is 5.91 Å². The van der Waals surface area contributed by atoms with Gasteiger partial charge in [-0.15, -0.1) is 0 Å². The molecule has 2 aromatic carbocycles. The number of carbonyl (C=O) groups is 1. The summed E-state index contributed by atoms with van der Waals surface area (Å²) in [6.45, 7) is 0. The van der Waals surface area contributed by atoms with Crippen molar-refractivity contribution in [1.29, 1.82) is 0 Å². The Morgan fingerprint density at radius 3 is 2.71 bits per heavy atom. The van der Waals surface area contributed by atoms with Crippen LogP contribution >= 0.6 is 11.6 Å². The fourth-order valence-corrected chi connectivity index (χ4v) is 2.62. The van der Waals surface area contributed by atoms with Gasteiger partial charge in [0.05, 0.1) is 17.5 Å². The number of amides is 1. The summed E-state index contributed by atoms with van der Waals surface area (Å²) in [4.78, 5) is 14.6. The molecule has 1 aromatic heterocycles. The topological polar surface area (TPSA) is 61.0 Å². The van der Waals surface area contributed by atoms with Crippen LogP contribution in [0.4, 0.5) is 11.4 Å². The summed E-state index contributed by atoms with van der Waals surface area (Å²) in [6.07, 6.45) is 1.50. The second kappa shape index (κ2) is 6.76. The average molecular weight is 341 g/mol. The van der Waals surface area contributed by atoms with Crippen molar-refractivity contribution in [1.82, 2.24) is 10.2 Å². The second-order valence-corrected chi connectivity index (χ2v) is 5.94. The molecule has 5 nitrogen and oxygen atoms in total. The van der Waals surface area contributed by atoms with Gasteiger partial charge in [0.1, 0.15) is 0 Å². The number of rotatable bonds is 4. The van der Waals surface area contributed by atoms with Gasteiger partial charge in [-0.2, -0.15) is 5.10 Å². The highest BCUT2D eigenvalue weighted by molar-refractivity contribution is 6.33. The van der Waals surface area contributed by atoms with Gasteiger partial charge < -0.3 is 10.2 Å². The maximum absolute atomic E-state index is 12.6. The molecule has 0 spiro atoms. The number of nitrogens with one attached hydrogen (secondary N) is 2. The van der Waals surface area contributed by atoms with E-state index in [4.69, 9.17) is 11.6 Å². The summed E-state index contributed by atoms with van der Waals surface area (Å²) >= 11 is 6.22. The lowest BCUT2D eigenvalue weighted by atomic mass is 10.1. The zero-order valence-corrected chi connectivity index (χ0v) is 14.1. The first-order chi connectivity index (χ1) is 11.6. The molecule has 0 fully saturated rings. The van der Waals surface area contributed by atoms with Crippen molar-refractivity contribution >= 4 is 28.9 Å². The van der Waals surface area contributed by atoms with Gasteiger partial charge in [-0.25, -0.2) is 0 Å². The van der Waals surface area contributed by atoms with Crippen LogP contribution in [0.15, 0.2) is 54.7 Å². The average Bonchev–Trinajstić information content (AvgIpc) is 3.05. The molecule has 6 heteroatoms. The molecule has 1 amide bonds. The molecule has 24 heavy (non-hydrogen) atoms. The molecule has 3 rings (SSSR count). The number of hydrogen-bond acceptors (Lipinski definition) is 3. The monoisotopic (exact) mass is 340 g/mol. The highest BCUT2D eigenvalue weighted by atomic mass is 35.5. The zero-order chi connectivity index (χ0) is 17.1. The van der Waals surface area contributed by atoms with E-state index in [0.29, 0.717) is 16.3 Å². The van der Waals surface area contributed by atoms with Crippen LogP contribution in [0.5, 0.6) is 0 Å². The predicted molar refractivity (Wildman–Crippen MR) is 97.8 cm³/mol. The number of H-pyrrole nitrogens is 1. The Hall–Kier alpha value is -2.79. The van der Waals surface area contributed by atoms with Crippen LogP contribution in [0.3, 0.4) is 0 Å². The summed E-state index contributed by atoms with van der Waals surface area (Å²) in [7, 11) is 3.90. The number of hydrogen-bond donors (Lipinski definition) is 2. The SMILES string of the molecule is CN(C)c1cccc(NC(=O)c2cn[nH]c2-c2ccccc2Cl)c1. The minimum absolute atomic E-state index is 0.241. The van der Waals surface area contributed by atoms with Gasteiger partial charge in [-0.1, -0.05) is 35.9 Å². The van der Waals surface area contributed by atoms with Crippen LogP contribution in [0.1, 0.15) is 10.4 Å². The van der Waals surface area contributed by atoms with Crippen molar-refractivity contribution in [3.05, 3.63) is 65.3 Å². The predicted octanol–water partition coefficient (Wildman–Crippen LogP) is 4.05. The van der Waals surface area contributed by atoms with Crippen molar-refractivity contribution in [2.75, 3.05) is 24.3 Å². The van der Waals surface area contributed by atoms with Crippen molar-refractivity contribution in [3.8, 4) is 11.3 Å². The normalized spacial score (nSPS) is 10.5. The first kappa shape index (κ1) is 16.1. The van der Waals surface area contributed by atoms with Crippen LogP contribution in [-0.2, 0) is 0 Å². The highest BCUT2D eigenvalue weighted by Gasteiger charge is 2.17. The minimum Gasteiger partial charge on any atom is -0.378 e. The standard InChI is InChI=1S/C18H17ClN4O/c1-23(2)13-7-5-6-12(10-13)21-18(24)15-11-20-22-17(15)14-8-3-4-9-16(14)19/h3-11H,1-2H3,(H,20,22)(H,21,24). The molecule has 0 aliphatic heterocycles. The fraction of sp³-hybridized carbons (Fsp3) is 0.111. The second-order valence-electron chi connectivity index (χ2n) is 5.54. The smallest absolute Gasteiger partial charge is 0.259 e. The van der Waals surface area contributed by atoms with Gasteiger partial charge in [0.15, 0.2) is 0 Å². The molecule has 0 saturated heterocycles. The first-order valence-electron chi connectivity index (χ1n) is 7.43. The van der Waals surface area contributed by atoms with E-state index in [1.807, 2.05) is 61.5 Å². The highest BCUT2D eigenvalue weighted by Crippen LogP contribution is 2.29. The number of nitrogens with zero attached hydrogens (tertiary/aromatic N) is 2. The van der Waals surface area contributed by atoms with E-state index in [0.717, 1.165) is 16.9 Å². The van der Waals surface area contributed by atoms with Crippen molar-refractivity contribution in [3.63, 3.8) is 0 Å². The molecular formula is C18H17ClN4O. The lowest BCUT2D eigenvalue weighted by molar-refractivity contribution is 0.102. The van der Waals surface area contributed by atoms with Gasteiger partial charge in [0.2, 0.25) is 0 Å². The maximum Gasteiger partial charge on any atom is 0.259 e. The van der Waals surface area contributed by atoms with Crippen molar-refractivity contribution in [2.45, 2.75) is 0 Å². The Morgan fingerprint density at radius 2 is 1.96 bits per heavy atom. The lowest BCUT2D eigenvalue weighted by Gasteiger charge is -2.14. The van der Waals surface area contributed by atoms with E-state index in [2.05, 4.69) is 15.5 Å². The molecule has 2 N–H and O–H groups in total. The van der Waals surface area contributed by atoms with E-state index >= 15 is 0 Å². The number of aromatic nitrogens is 2. The van der Waals surface area contributed by atoms with Crippen LogP contribution in [0, 0.1) is 0 Å². The molecule has 0 unspecified atom stereocenters. The summed E-state index contributed by atoms with van der Waals surface area (Å²) in [5.74, 6) is -0.241. The van der Waals surface area contributed by atoms with Crippen LogP contribution in [-0.4, -0.2) is 30.2 Å². The number of benzene rings is 2. The van der Waals surface area contributed by atoms with Gasteiger partial charge >= 0.3 is 0 Å². The van der Waals surface area contributed by atoms with E-state index in [9.17, 15) is 4.79 Å². The molecule has 0 bridgehead atoms. The number of halogens is 1. The van der Waals surface area contributed by atoms with Gasteiger partial charge in [-0.3, -0.25) is 9.89 Å². The van der Waals surface area contributed by atoms with E-state index in [-0.39, 0.29) is 5.91 Å². The van der Waals surface area contributed by atoms with E-state index < -0.39 is 0 Å². The third-order valence-corrected chi connectivity index (χ3v) is 3.98. The number of carbonyl (C=O) groups excluding carboxylic acids is 1. The fourth-order valence-electron chi connectivity index (χ4n) is 2.39. The summed E-state index contributed by atoms with van der Waals surface area (Å²) in [6, 6.07) is 15.0. The Labute approximate surface area is 145 Å². The molecule has 0 atom stereocenters. The van der Waals surface area contributed by atoms with Gasteiger partial charge in [-0.05, 0) is 24.3 Å². The third-order valence-electron chi connectivity index (χ3n) is 3.65. The van der Waals surface area contributed by atoms with E-state index in [1.165, 1.54) is 6.20 Å². The molecule has 3 aromatic rings. The quantitative estimate of drug-likeness (QED) is 0.753. The van der Waals surface area contributed by atoms with Crippen LogP contribution in [0.2, 0.25) is 5.02 Å². The van der Waals surface area contributed by atoms with Crippen LogP contribution < -0.4 is 10.2 Å².